The van der Waals surface area contributed by atoms with Gasteiger partial charge in [-0.2, -0.15) is 4.98 Å². The number of hydrogen-bond donors (Lipinski definition) is 2. The van der Waals surface area contributed by atoms with Gasteiger partial charge >= 0.3 is 0 Å². The molecule has 1 aliphatic rings. The third kappa shape index (κ3) is 1.88. The molecule has 0 aliphatic heterocycles. The average molecular weight is 263 g/mol. The molecule has 92 valence electrons. The highest BCUT2D eigenvalue weighted by Crippen LogP contribution is 2.39. The maximum atomic E-state index is 12.0. The lowest BCUT2D eigenvalue weighted by molar-refractivity contribution is 0.450. The van der Waals surface area contributed by atoms with Crippen molar-refractivity contribution >= 4 is 11.6 Å². The Bertz CT molecular complexity index is 662. The van der Waals surface area contributed by atoms with Crippen LogP contribution in [0.2, 0.25) is 5.02 Å². The second-order valence-electron chi connectivity index (χ2n) is 4.40. The average Bonchev–Trinajstić information content (AvgIpc) is 3.14. The van der Waals surface area contributed by atoms with Gasteiger partial charge in [-0.05, 0) is 18.9 Å². The summed E-state index contributed by atoms with van der Waals surface area (Å²) in [6, 6.07) is 6.88. The second kappa shape index (κ2) is 4.14. The zero-order valence-corrected chi connectivity index (χ0v) is 10.2. The molecule has 1 heterocycles. The molecule has 0 radical (unpaired) electrons. The van der Waals surface area contributed by atoms with E-state index in [2.05, 4.69) is 9.97 Å². The van der Waals surface area contributed by atoms with E-state index in [1.54, 1.807) is 24.3 Å². The Morgan fingerprint density at radius 1 is 1.33 bits per heavy atom. The molecule has 0 amide bonds. The molecule has 2 N–H and O–H groups in total. The second-order valence-corrected chi connectivity index (χ2v) is 4.81. The first-order chi connectivity index (χ1) is 8.66. The van der Waals surface area contributed by atoms with Gasteiger partial charge in [0, 0.05) is 16.5 Å². The van der Waals surface area contributed by atoms with Crippen LogP contribution in [0.25, 0.3) is 11.1 Å². The standard InChI is InChI=1S/C13H11ClN2O2/c14-9-4-2-1-3-8(9)10-12(17)15-11(7-5-6-7)16-13(10)18/h1-4,7H,5-6H2,(H2,15,16,17,18). The van der Waals surface area contributed by atoms with Gasteiger partial charge in [-0.1, -0.05) is 29.8 Å². The summed E-state index contributed by atoms with van der Waals surface area (Å²) < 4.78 is 0. The van der Waals surface area contributed by atoms with Gasteiger partial charge in [0.1, 0.15) is 11.4 Å². The first-order valence-electron chi connectivity index (χ1n) is 5.75. The van der Waals surface area contributed by atoms with Crippen molar-refractivity contribution in [3.8, 4) is 17.0 Å². The number of rotatable bonds is 2. The summed E-state index contributed by atoms with van der Waals surface area (Å²) in [5.41, 5.74) is 0.273. The van der Waals surface area contributed by atoms with Crippen molar-refractivity contribution in [3.05, 3.63) is 45.5 Å². The Kier molecular flexibility index (Phi) is 2.59. The van der Waals surface area contributed by atoms with Crippen molar-refractivity contribution in [3.63, 3.8) is 0 Å². The van der Waals surface area contributed by atoms with Gasteiger partial charge in [-0.25, -0.2) is 0 Å². The maximum absolute atomic E-state index is 12.0. The van der Waals surface area contributed by atoms with E-state index in [-0.39, 0.29) is 22.9 Å². The van der Waals surface area contributed by atoms with E-state index in [1.165, 1.54) is 0 Å². The molecule has 1 saturated carbocycles. The number of benzene rings is 1. The van der Waals surface area contributed by atoms with Crippen LogP contribution < -0.4 is 5.56 Å². The van der Waals surface area contributed by atoms with E-state index in [9.17, 15) is 9.90 Å². The molecule has 0 saturated heterocycles. The van der Waals surface area contributed by atoms with Crippen LogP contribution >= 0.6 is 11.6 Å². The van der Waals surface area contributed by atoms with Crippen molar-refractivity contribution < 1.29 is 5.11 Å². The SMILES string of the molecule is O=c1[nH]c(C2CC2)nc(O)c1-c1ccccc1Cl. The highest BCUT2D eigenvalue weighted by molar-refractivity contribution is 6.33. The molecule has 0 unspecified atom stereocenters. The Labute approximate surface area is 108 Å². The van der Waals surface area contributed by atoms with Gasteiger partial charge in [0.2, 0.25) is 5.88 Å². The van der Waals surface area contributed by atoms with Crippen molar-refractivity contribution in [2.45, 2.75) is 18.8 Å². The predicted octanol–water partition coefficient (Wildman–Crippen LogP) is 2.67. The number of nitrogens with one attached hydrogen (secondary N) is 1. The van der Waals surface area contributed by atoms with Crippen LogP contribution in [-0.4, -0.2) is 15.1 Å². The first-order valence-corrected chi connectivity index (χ1v) is 6.12. The molecule has 5 heteroatoms. The number of aromatic amines is 1. The molecule has 0 atom stereocenters. The smallest absolute Gasteiger partial charge is 0.262 e. The summed E-state index contributed by atoms with van der Waals surface area (Å²) in [6.45, 7) is 0. The topological polar surface area (TPSA) is 66.0 Å². The minimum atomic E-state index is -0.350. The van der Waals surface area contributed by atoms with Crippen molar-refractivity contribution in [2.75, 3.05) is 0 Å². The van der Waals surface area contributed by atoms with E-state index >= 15 is 0 Å². The molecule has 2 aromatic rings. The fraction of sp³-hybridized carbons (Fsp3) is 0.231. The van der Waals surface area contributed by atoms with Gasteiger partial charge < -0.3 is 10.1 Å². The zero-order valence-electron chi connectivity index (χ0n) is 9.48. The summed E-state index contributed by atoms with van der Waals surface area (Å²) in [5.74, 6) is 0.589. The van der Waals surface area contributed by atoms with Crippen molar-refractivity contribution in [1.29, 1.82) is 0 Å². The Hall–Kier alpha value is -1.81. The molecule has 1 aromatic heterocycles. The molecule has 3 rings (SSSR count). The highest BCUT2D eigenvalue weighted by Gasteiger charge is 2.28. The molecule has 0 bridgehead atoms. The van der Waals surface area contributed by atoms with Crippen LogP contribution in [-0.2, 0) is 0 Å². The van der Waals surface area contributed by atoms with Crippen LogP contribution in [0.4, 0.5) is 0 Å². The molecule has 18 heavy (non-hydrogen) atoms. The number of aromatic hydroxyl groups is 1. The fourth-order valence-corrected chi connectivity index (χ4v) is 2.17. The minimum absolute atomic E-state index is 0.130. The summed E-state index contributed by atoms with van der Waals surface area (Å²) in [5, 5.41) is 10.4. The van der Waals surface area contributed by atoms with Crippen molar-refractivity contribution in [2.24, 2.45) is 0 Å². The lowest BCUT2D eigenvalue weighted by Crippen LogP contribution is -2.13. The van der Waals surface area contributed by atoms with E-state index < -0.39 is 0 Å². The minimum Gasteiger partial charge on any atom is -0.493 e. The van der Waals surface area contributed by atoms with Crippen molar-refractivity contribution in [1.82, 2.24) is 9.97 Å². The zero-order chi connectivity index (χ0) is 12.7. The normalized spacial score (nSPS) is 14.7. The van der Waals surface area contributed by atoms with E-state index in [0.29, 0.717) is 16.4 Å². The third-order valence-electron chi connectivity index (χ3n) is 3.03. The Balaban J connectivity index is 2.18. The summed E-state index contributed by atoms with van der Waals surface area (Å²) in [4.78, 5) is 18.8. The summed E-state index contributed by atoms with van der Waals surface area (Å²) in [7, 11) is 0. The monoisotopic (exact) mass is 262 g/mol. The van der Waals surface area contributed by atoms with Crippen LogP contribution in [0.15, 0.2) is 29.1 Å². The lowest BCUT2D eigenvalue weighted by atomic mass is 10.1. The molecule has 1 aromatic carbocycles. The van der Waals surface area contributed by atoms with Gasteiger partial charge in [0.15, 0.2) is 0 Å². The van der Waals surface area contributed by atoms with Crippen LogP contribution in [0, 0.1) is 0 Å². The molecular formula is C13H11ClN2O2. The van der Waals surface area contributed by atoms with E-state index in [1.807, 2.05) is 0 Å². The summed E-state index contributed by atoms with van der Waals surface area (Å²) >= 11 is 6.03. The molecular weight excluding hydrogens is 252 g/mol. The quantitative estimate of drug-likeness (QED) is 0.874. The van der Waals surface area contributed by atoms with Gasteiger partial charge in [0.05, 0.1) is 0 Å². The molecule has 1 fully saturated rings. The van der Waals surface area contributed by atoms with Crippen LogP contribution in [0.5, 0.6) is 5.88 Å². The third-order valence-corrected chi connectivity index (χ3v) is 3.36. The molecule has 1 aliphatic carbocycles. The number of hydrogen-bond acceptors (Lipinski definition) is 3. The largest absolute Gasteiger partial charge is 0.493 e. The number of aromatic nitrogens is 2. The van der Waals surface area contributed by atoms with E-state index in [4.69, 9.17) is 11.6 Å². The molecule has 0 spiro atoms. The van der Waals surface area contributed by atoms with Crippen LogP contribution in [0.1, 0.15) is 24.6 Å². The van der Waals surface area contributed by atoms with Crippen LogP contribution in [0.3, 0.4) is 0 Å². The van der Waals surface area contributed by atoms with Gasteiger partial charge in [0.25, 0.3) is 5.56 Å². The first kappa shape index (κ1) is 11.3. The van der Waals surface area contributed by atoms with E-state index in [0.717, 1.165) is 12.8 Å². The highest BCUT2D eigenvalue weighted by atomic mass is 35.5. The fourth-order valence-electron chi connectivity index (χ4n) is 1.94. The lowest BCUT2D eigenvalue weighted by Gasteiger charge is -2.06. The number of nitrogens with zero attached hydrogens (tertiary/aromatic N) is 1. The Morgan fingerprint density at radius 3 is 2.67 bits per heavy atom. The predicted molar refractivity (Wildman–Crippen MR) is 68.9 cm³/mol. The van der Waals surface area contributed by atoms with Gasteiger partial charge in [-0.15, -0.1) is 0 Å². The number of H-pyrrole nitrogens is 1. The maximum Gasteiger partial charge on any atom is 0.262 e. The summed E-state index contributed by atoms with van der Waals surface area (Å²) in [6.07, 6.45) is 2.02. The van der Waals surface area contributed by atoms with Gasteiger partial charge in [-0.3, -0.25) is 4.79 Å². The number of halogens is 1. The Morgan fingerprint density at radius 2 is 2.06 bits per heavy atom. The molecule has 4 nitrogen and oxygen atoms in total.